The summed E-state index contributed by atoms with van der Waals surface area (Å²) in [5.74, 6) is 1.88. The van der Waals surface area contributed by atoms with Crippen LogP contribution in [0.15, 0.2) is 231 Å². The van der Waals surface area contributed by atoms with E-state index in [4.69, 9.17) is 19.9 Å². The Morgan fingerprint density at radius 1 is 0.242 bits per heavy atom. The van der Waals surface area contributed by atoms with E-state index in [1.807, 2.05) is 18.2 Å². The number of hydrogen-bond acceptors (Lipinski definition) is 4. The smallest absolute Gasteiger partial charge is 0.164 e. The molecule has 0 bridgehead atoms. The average Bonchev–Trinajstić information content (AvgIpc) is 3.37. The van der Waals surface area contributed by atoms with Gasteiger partial charge in [-0.2, -0.15) is 0 Å². The lowest BCUT2D eigenvalue weighted by atomic mass is 9.93. The lowest BCUT2D eigenvalue weighted by molar-refractivity contribution is 1.07. The summed E-state index contributed by atoms with van der Waals surface area (Å²) in [6, 6.07) is 80.6. The Bertz CT molecular complexity index is 3230. The van der Waals surface area contributed by atoms with Crippen molar-refractivity contribution in [2.24, 2.45) is 0 Å². The van der Waals surface area contributed by atoms with Gasteiger partial charge in [-0.25, -0.2) is 19.9 Å². The van der Waals surface area contributed by atoms with Crippen molar-refractivity contribution in [2.45, 2.75) is 0 Å². The summed E-state index contributed by atoms with van der Waals surface area (Å²) in [7, 11) is 0. The van der Waals surface area contributed by atoms with Gasteiger partial charge in [0, 0.05) is 27.6 Å². The molecule has 0 amide bonds. The SMILES string of the molecule is c1ccc(-c2ccc(-c3nc(-c4ccc(-c5ccccc5)cc4)nc(-c4ccc(-c5ccc6c(ccc7nc(-c8ccccc8)cc(-c8ccccc8)c76)c5)cc4)n3)cc2)cc1. The maximum Gasteiger partial charge on any atom is 0.164 e. The topological polar surface area (TPSA) is 51.6 Å². The van der Waals surface area contributed by atoms with Crippen molar-refractivity contribution in [3.63, 3.8) is 0 Å². The Kier molecular flexibility index (Phi) is 9.49. The highest BCUT2D eigenvalue weighted by Crippen LogP contribution is 2.38. The van der Waals surface area contributed by atoms with Gasteiger partial charge in [-0.05, 0) is 73.5 Å². The van der Waals surface area contributed by atoms with Crippen LogP contribution >= 0.6 is 0 Å². The molecule has 62 heavy (non-hydrogen) atoms. The highest BCUT2D eigenvalue weighted by atomic mass is 15.0. The Balaban J connectivity index is 0.960. The van der Waals surface area contributed by atoms with Gasteiger partial charge in [-0.15, -0.1) is 0 Å². The van der Waals surface area contributed by atoms with Gasteiger partial charge in [0.15, 0.2) is 17.5 Å². The number of benzene rings is 9. The van der Waals surface area contributed by atoms with Gasteiger partial charge < -0.3 is 0 Å². The zero-order chi connectivity index (χ0) is 41.2. The largest absolute Gasteiger partial charge is 0.248 e. The van der Waals surface area contributed by atoms with Crippen molar-refractivity contribution in [1.82, 2.24) is 19.9 Å². The molecule has 0 spiro atoms. The van der Waals surface area contributed by atoms with Crippen LogP contribution in [0.4, 0.5) is 0 Å². The van der Waals surface area contributed by atoms with Gasteiger partial charge in [-0.1, -0.05) is 212 Å². The quantitative estimate of drug-likeness (QED) is 0.144. The molecule has 4 nitrogen and oxygen atoms in total. The molecule has 0 saturated heterocycles. The number of pyridine rings is 1. The van der Waals surface area contributed by atoms with E-state index in [2.05, 4.69) is 212 Å². The normalized spacial score (nSPS) is 11.2. The highest BCUT2D eigenvalue weighted by molar-refractivity contribution is 6.14. The van der Waals surface area contributed by atoms with E-state index in [-0.39, 0.29) is 0 Å². The molecule has 0 aliphatic carbocycles. The predicted molar refractivity (Wildman–Crippen MR) is 256 cm³/mol. The summed E-state index contributed by atoms with van der Waals surface area (Å²) in [6.07, 6.45) is 0. The number of hydrogen-bond donors (Lipinski definition) is 0. The van der Waals surface area contributed by atoms with Crippen LogP contribution in [-0.2, 0) is 0 Å². The average molecular weight is 791 g/mol. The van der Waals surface area contributed by atoms with Gasteiger partial charge in [0.05, 0.1) is 11.2 Å². The van der Waals surface area contributed by atoms with Crippen molar-refractivity contribution in [3.05, 3.63) is 231 Å². The van der Waals surface area contributed by atoms with Gasteiger partial charge in [0.2, 0.25) is 0 Å². The van der Waals surface area contributed by atoms with E-state index < -0.39 is 0 Å². The van der Waals surface area contributed by atoms with Crippen LogP contribution in [0.2, 0.25) is 0 Å². The third kappa shape index (κ3) is 7.20. The second-order valence-corrected chi connectivity index (χ2v) is 15.5. The van der Waals surface area contributed by atoms with Gasteiger partial charge >= 0.3 is 0 Å². The fourth-order valence-corrected chi connectivity index (χ4v) is 8.31. The number of fused-ring (bicyclic) bond motifs is 3. The molecule has 2 heterocycles. The molecule has 0 atom stereocenters. The van der Waals surface area contributed by atoms with E-state index in [1.165, 1.54) is 27.6 Å². The van der Waals surface area contributed by atoms with E-state index in [1.54, 1.807) is 0 Å². The Hall–Kier alpha value is -8.34. The van der Waals surface area contributed by atoms with E-state index in [0.717, 1.165) is 66.5 Å². The minimum atomic E-state index is 0.622. The molecule has 0 N–H and O–H groups in total. The molecule has 11 aromatic rings. The van der Waals surface area contributed by atoms with Crippen LogP contribution in [-0.4, -0.2) is 19.9 Å². The van der Waals surface area contributed by atoms with Crippen LogP contribution in [0.25, 0.3) is 112 Å². The first-order valence-corrected chi connectivity index (χ1v) is 20.9. The van der Waals surface area contributed by atoms with Crippen molar-refractivity contribution >= 4 is 21.7 Å². The summed E-state index contributed by atoms with van der Waals surface area (Å²) in [5.41, 5.74) is 15.0. The summed E-state index contributed by atoms with van der Waals surface area (Å²) in [6.45, 7) is 0. The van der Waals surface area contributed by atoms with E-state index in [9.17, 15) is 0 Å². The third-order valence-corrected chi connectivity index (χ3v) is 11.6. The second-order valence-electron chi connectivity index (χ2n) is 15.5. The van der Waals surface area contributed by atoms with Gasteiger partial charge in [0.1, 0.15) is 0 Å². The lowest BCUT2D eigenvalue weighted by Crippen LogP contribution is -2.00. The molecule has 0 aliphatic heterocycles. The van der Waals surface area contributed by atoms with E-state index in [0.29, 0.717) is 17.5 Å². The fourth-order valence-electron chi connectivity index (χ4n) is 8.31. The summed E-state index contributed by atoms with van der Waals surface area (Å²) in [5, 5.41) is 3.49. The van der Waals surface area contributed by atoms with Crippen LogP contribution in [0, 0.1) is 0 Å². The van der Waals surface area contributed by atoms with Crippen LogP contribution in [0.5, 0.6) is 0 Å². The molecule has 4 heteroatoms. The third-order valence-electron chi connectivity index (χ3n) is 11.6. The Morgan fingerprint density at radius 2 is 0.613 bits per heavy atom. The lowest BCUT2D eigenvalue weighted by Gasteiger charge is -2.14. The summed E-state index contributed by atoms with van der Waals surface area (Å²) >= 11 is 0. The second kappa shape index (κ2) is 16.0. The molecule has 0 fully saturated rings. The minimum Gasteiger partial charge on any atom is -0.248 e. The first-order chi connectivity index (χ1) is 30.7. The summed E-state index contributed by atoms with van der Waals surface area (Å²) in [4.78, 5) is 20.3. The summed E-state index contributed by atoms with van der Waals surface area (Å²) < 4.78 is 0. The predicted octanol–water partition coefficient (Wildman–Crippen LogP) is 14.9. The molecule has 0 aliphatic rings. The molecule has 2 aromatic heterocycles. The molecule has 0 unspecified atom stereocenters. The number of aromatic nitrogens is 4. The van der Waals surface area contributed by atoms with Crippen LogP contribution < -0.4 is 0 Å². The van der Waals surface area contributed by atoms with Crippen molar-refractivity contribution in [3.8, 4) is 89.9 Å². The van der Waals surface area contributed by atoms with Gasteiger partial charge in [-0.3, -0.25) is 0 Å². The number of nitrogens with zero attached hydrogens (tertiary/aromatic N) is 4. The maximum atomic E-state index is 5.17. The zero-order valence-electron chi connectivity index (χ0n) is 33.7. The van der Waals surface area contributed by atoms with E-state index >= 15 is 0 Å². The highest BCUT2D eigenvalue weighted by Gasteiger charge is 2.16. The first-order valence-electron chi connectivity index (χ1n) is 20.9. The van der Waals surface area contributed by atoms with Crippen LogP contribution in [0.1, 0.15) is 0 Å². The number of rotatable bonds is 8. The molecule has 9 aromatic carbocycles. The maximum absolute atomic E-state index is 5.17. The standard InChI is InChI=1S/C58H38N4/c1-5-13-39(14-6-1)41-21-27-46(28-22-41)56-60-57(47-29-23-42(24-30-47)40-15-7-2-8-16-40)62-58(61-56)48-31-25-43(26-32-48)49-33-35-51-50(37-49)34-36-53-55(51)52(44-17-9-3-10-18-44)38-54(59-53)45-19-11-4-12-20-45/h1-38H. The van der Waals surface area contributed by atoms with Crippen molar-refractivity contribution in [1.29, 1.82) is 0 Å². The molecule has 290 valence electrons. The van der Waals surface area contributed by atoms with Crippen LogP contribution in [0.3, 0.4) is 0 Å². The Morgan fingerprint density at radius 3 is 1.08 bits per heavy atom. The molecule has 0 saturated carbocycles. The monoisotopic (exact) mass is 790 g/mol. The molecule has 0 radical (unpaired) electrons. The fraction of sp³-hybridized carbons (Fsp3) is 0. The molecular weight excluding hydrogens is 753 g/mol. The van der Waals surface area contributed by atoms with Gasteiger partial charge in [0.25, 0.3) is 0 Å². The van der Waals surface area contributed by atoms with Crippen molar-refractivity contribution in [2.75, 3.05) is 0 Å². The molecule has 11 rings (SSSR count). The minimum absolute atomic E-state index is 0.622. The first kappa shape index (κ1) is 36.7. The Labute approximate surface area is 360 Å². The zero-order valence-corrected chi connectivity index (χ0v) is 33.7. The molecular formula is C58H38N4. The van der Waals surface area contributed by atoms with Crippen molar-refractivity contribution < 1.29 is 0 Å².